The fourth-order valence-electron chi connectivity index (χ4n) is 3.75. The lowest BCUT2D eigenvalue weighted by Crippen LogP contribution is -2.53. The van der Waals surface area contributed by atoms with Crippen LogP contribution in [0.5, 0.6) is 0 Å². The van der Waals surface area contributed by atoms with Gasteiger partial charge in [-0.25, -0.2) is 0 Å². The molecule has 146 valence electrons. The van der Waals surface area contributed by atoms with E-state index in [-0.39, 0.29) is 30.4 Å². The first-order valence-corrected chi connectivity index (χ1v) is 9.59. The summed E-state index contributed by atoms with van der Waals surface area (Å²) in [6.07, 6.45) is 1.70. The van der Waals surface area contributed by atoms with Gasteiger partial charge in [-0.05, 0) is 17.5 Å². The second-order valence-corrected chi connectivity index (χ2v) is 6.98. The molecule has 0 saturated carbocycles. The number of nitrogens with zero attached hydrogens (tertiary/aromatic N) is 2. The monoisotopic (exact) mass is 387 g/mol. The average Bonchev–Trinajstić information content (AvgIpc) is 2.70. The molecule has 0 bridgehead atoms. The Labute approximate surface area is 168 Å². The molecular formula is C22H30ClN3O. The molecule has 0 aliphatic carbocycles. The minimum absolute atomic E-state index is 0. The van der Waals surface area contributed by atoms with Gasteiger partial charge in [0.15, 0.2) is 0 Å². The van der Waals surface area contributed by atoms with E-state index in [4.69, 9.17) is 5.73 Å². The summed E-state index contributed by atoms with van der Waals surface area (Å²) in [5, 5.41) is 0. The quantitative estimate of drug-likeness (QED) is 0.825. The van der Waals surface area contributed by atoms with Gasteiger partial charge >= 0.3 is 0 Å². The lowest BCUT2D eigenvalue weighted by atomic mass is 9.96. The van der Waals surface area contributed by atoms with Crippen molar-refractivity contribution in [3.05, 3.63) is 71.8 Å². The SMILES string of the molecule is CCCC(N)C(=O)N1CCN(C(c2ccccc2)c2ccccc2)CC1.Cl. The number of piperazine rings is 1. The summed E-state index contributed by atoms with van der Waals surface area (Å²) in [4.78, 5) is 16.9. The third-order valence-electron chi connectivity index (χ3n) is 5.14. The number of hydrogen-bond donors (Lipinski definition) is 1. The zero-order chi connectivity index (χ0) is 18.4. The predicted molar refractivity (Wildman–Crippen MR) is 113 cm³/mol. The van der Waals surface area contributed by atoms with E-state index in [1.807, 2.05) is 4.90 Å². The summed E-state index contributed by atoms with van der Waals surface area (Å²) in [6.45, 7) is 5.27. The molecule has 1 unspecified atom stereocenters. The van der Waals surface area contributed by atoms with Gasteiger partial charge in [-0.1, -0.05) is 74.0 Å². The molecule has 1 aliphatic heterocycles. The van der Waals surface area contributed by atoms with Crippen LogP contribution in [0.1, 0.15) is 36.9 Å². The van der Waals surface area contributed by atoms with Gasteiger partial charge in [0, 0.05) is 26.2 Å². The maximum absolute atomic E-state index is 12.5. The topological polar surface area (TPSA) is 49.6 Å². The number of halogens is 1. The van der Waals surface area contributed by atoms with Crippen molar-refractivity contribution in [1.29, 1.82) is 0 Å². The molecule has 2 N–H and O–H groups in total. The molecular weight excluding hydrogens is 358 g/mol. The molecule has 1 saturated heterocycles. The van der Waals surface area contributed by atoms with E-state index < -0.39 is 0 Å². The van der Waals surface area contributed by atoms with Crippen molar-refractivity contribution in [3.8, 4) is 0 Å². The number of hydrogen-bond acceptors (Lipinski definition) is 3. The van der Waals surface area contributed by atoms with E-state index >= 15 is 0 Å². The summed E-state index contributed by atoms with van der Waals surface area (Å²) in [7, 11) is 0. The second-order valence-electron chi connectivity index (χ2n) is 6.98. The van der Waals surface area contributed by atoms with Crippen molar-refractivity contribution >= 4 is 18.3 Å². The number of nitrogens with two attached hydrogens (primary N) is 1. The van der Waals surface area contributed by atoms with Crippen molar-refractivity contribution in [2.24, 2.45) is 5.73 Å². The summed E-state index contributed by atoms with van der Waals surface area (Å²) >= 11 is 0. The van der Waals surface area contributed by atoms with Crippen LogP contribution in [0.15, 0.2) is 60.7 Å². The maximum Gasteiger partial charge on any atom is 0.239 e. The number of amides is 1. The summed E-state index contributed by atoms with van der Waals surface area (Å²) in [6, 6.07) is 21.1. The van der Waals surface area contributed by atoms with Gasteiger partial charge in [-0.2, -0.15) is 0 Å². The Balaban J connectivity index is 0.00000261. The molecule has 1 aliphatic rings. The molecule has 27 heavy (non-hydrogen) atoms. The van der Waals surface area contributed by atoms with Crippen molar-refractivity contribution in [2.75, 3.05) is 26.2 Å². The Kier molecular flexibility index (Phi) is 8.29. The first-order chi connectivity index (χ1) is 12.7. The standard InChI is InChI=1S/C22H29N3O.ClH/c1-2-9-20(23)22(26)25-16-14-24(15-17-25)21(18-10-5-3-6-11-18)19-12-7-4-8-13-19;/h3-8,10-13,20-21H,2,9,14-17,23H2,1H3;1H. The van der Waals surface area contributed by atoms with Gasteiger partial charge in [0.25, 0.3) is 0 Å². The molecule has 2 aromatic rings. The van der Waals surface area contributed by atoms with Crippen molar-refractivity contribution in [3.63, 3.8) is 0 Å². The lowest BCUT2D eigenvalue weighted by Gasteiger charge is -2.40. The van der Waals surface area contributed by atoms with Gasteiger partial charge in [0.05, 0.1) is 12.1 Å². The largest absolute Gasteiger partial charge is 0.339 e. The van der Waals surface area contributed by atoms with E-state index in [1.54, 1.807) is 0 Å². The summed E-state index contributed by atoms with van der Waals surface area (Å²) in [5.74, 6) is 0.0995. The third kappa shape index (κ3) is 5.32. The first-order valence-electron chi connectivity index (χ1n) is 9.59. The van der Waals surface area contributed by atoms with E-state index in [2.05, 4.69) is 72.5 Å². The number of carbonyl (C=O) groups excluding carboxylic acids is 1. The first kappa shape index (κ1) is 21.4. The predicted octanol–water partition coefficient (Wildman–Crippen LogP) is 3.47. The highest BCUT2D eigenvalue weighted by Gasteiger charge is 2.29. The highest BCUT2D eigenvalue weighted by molar-refractivity contribution is 5.85. The molecule has 2 aromatic carbocycles. The third-order valence-corrected chi connectivity index (χ3v) is 5.14. The fourth-order valence-corrected chi connectivity index (χ4v) is 3.75. The molecule has 4 nitrogen and oxygen atoms in total. The fraction of sp³-hybridized carbons (Fsp3) is 0.409. The maximum atomic E-state index is 12.5. The highest BCUT2D eigenvalue weighted by atomic mass is 35.5. The minimum atomic E-state index is -0.356. The average molecular weight is 388 g/mol. The molecule has 0 spiro atoms. The van der Waals surface area contributed by atoms with Gasteiger partial charge < -0.3 is 10.6 Å². The highest BCUT2D eigenvalue weighted by Crippen LogP contribution is 2.29. The van der Waals surface area contributed by atoms with Crippen LogP contribution in [-0.4, -0.2) is 47.9 Å². The Morgan fingerprint density at radius 3 is 1.85 bits per heavy atom. The second kappa shape index (κ2) is 10.5. The molecule has 1 heterocycles. The van der Waals surface area contributed by atoms with Crippen LogP contribution in [0.2, 0.25) is 0 Å². The minimum Gasteiger partial charge on any atom is -0.339 e. The van der Waals surface area contributed by atoms with E-state index in [1.165, 1.54) is 11.1 Å². The Morgan fingerprint density at radius 1 is 0.926 bits per heavy atom. The van der Waals surface area contributed by atoms with Gasteiger partial charge in [0.2, 0.25) is 5.91 Å². The smallest absolute Gasteiger partial charge is 0.239 e. The van der Waals surface area contributed by atoms with Crippen LogP contribution >= 0.6 is 12.4 Å². The van der Waals surface area contributed by atoms with E-state index in [0.717, 1.165) is 39.0 Å². The Hall–Kier alpha value is -1.88. The molecule has 1 amide bonds. The molecule has 0 aromatic heterocycles. The summed E-state index contributed by atoms with van der Waals surface area (Å²) < 4.78 is 0. The normalized spacial score (nSPS) is 16.0. The zero-order valence-electron chi connectivity index (χ0n) is 16.0. The van der Waals surface area contributed by atoms with Crippen LogP contribution in [0.25, 0.3) is 0 Å². The lowest BCUT2D eigenvalue weighted by molar-refractivity contribution is -0.134. The number of rotatable bonds is 6. The molecule has 0 radical (unpaired) electrons. The van der Waals surface area contributed by atoms with Gasteiger partial charge in [-0.3, -0.25) is 9.69 Å². The van der Waals surface area contributed by atoms with Gasteiger partial charge in [0.1, 0.15) is 0 Å². The van der Waals surface area contributed by atoms with E-state index in [0.29, 0.717) is 0 Å². The molecule has 1 atom stereocenters. The molecule has 5 heteroatoms. The van der Waals surface area contributed by atoms with Crippen LogP contribution in [0.3, 0.4) is 0 Å². The van der Waals surface area contributed by atoms with Crippen LogP contribution in [0, 0.1) is 0 Å². The van der Waals surface area contributed by atoms with Crippen molar-refractivity contribution in [1.82, 2.24) is 9.80 Å². The number of carbonyl (C=O) groups is 1. The Bertz CT molecular complexity index is 648. The van der Waals surface area contributed by atoms with Crippen molar-refractivity contribution < 1.29 is 4.79 Å². The molecule has 1 fully saturated rings. The van der Waals surface area contributed by atoms with E-state index in [9.17, 15) is 4.79 Å². The number of benzene rings is 2. The van der Waals surface area contributed by atoms with Crippen LogP contribution < -0.4 is 5.73 Å². The summed E-state index contributed by atoms with van der Waals surface area (Å²) in [5.41, 5.74) is 8.62. The van der Waals surface area contributed by atoms with Gasteiger partial charge in [-0.15, -0.1) is 12.4 Å². The van der Waals surface area contributed by atoms with Crippen molar-refractivity contribution in [2.45, 2.75) is 31.8 Å². The molecule has 3 rings (SSSR count). The zero-order valence-corrected chi connectivity index (χ0v) is 16.8. The van der Waals surface area contributed by atoms with Crippen LogP contribution in [-0.2, 0) is 4.79 Å². The van der Waals surface area contributed by atoms with Crippen LogP contribution in [0.4, 0.5) is 0 Å². The Morgan fingerprint density at radius 2 is 1.41 bits per heavy atom.